The molecular formula is C15H21FN2O2. The highest BCUT2D eigenvalue weighted by molar-refractivity contribution is 5.87. The standard InChI is InChI=1S/C15H21FN2O2/c1-17(10-13-4-3-7-18(13)2)9-12-6-5-11(15(19)20)8-14(12)16/h5-6,8,13H,3-4,7,9-10H2,1-2H3,(H,19,20). The van der Waals surface area contributed by atoms with E-state index in [1.165, 1.54) is 18.9 Å². The third-order valence-electron chi connectivity index (χ3n) is 3.93. The van der Waals surface area contributed by atoms with Crippen molar-refractivity contribution in [3.8, 4) is 0 Å². The first-order valence-electron chi connectivity index (χ1n) is 6.88. The molecule has 0 aliphatic carbocycles. The molecule has 1 aromatic carbocycles. The molecule has 1 N–H and O–H groups in total. The molecule has 0 aromatic heterocycles. The molecule has 20 heavy (non-hydrogen) atoms. The van der Waals surface area contributed by atoms with Crippen LogP contribution in [0.25, 0.3) is 0 Å². The Morgan fingerprint density at radius 1 is 1.55 bits per heavy atom. The van der Waals surface area contributed by atoms with E-state index in [2.05, 4.69) is 16.8 Å². The maximum Gasteiger partial charge on any atom is 0.335 e. The highest BCUT2D eigenvalue weighted by Crippen LogP contribution is 2.17. The van der Waals surface area contributed by atoms with Crippen LogP contribution in [0.1, 0.15) is 28.8 Å². The average Bonchev–Trinajstić information content (AvgIpc) is 2.77. The highest BCUT2D eigenvalue weighted by atomic mass is 19.1. The quantitative estimate of drug-likeness (QED) is 0.896. The molecule has 1 fully saturated rings. The van der Waals surface area contributed by atoms with E-state index >= 15 is 0 Å². The largest absolute Gasteiger partial charge is 0.478 e. The molecule has 110 valence electrons. The second-order valence-electron chi connectivity index (χ2n) is 5.58. The van der Waals surface area contributed by atoms with Gasteiger partial charge in [0.1, 0.15) is 5.82 Å². The summed E-state index contributed by atoms with van der Waals surface area (Å²) in [4.78, 5) is 15.2. The predicted octanol–water partition coefficient (Wildman–Crippen LogP) is 2.05. The predicted molar refractivity (Wildman–Crippen MR) is 75.3 cm³/mol. The molecule has 2 rings (SSSR count). The fourth-order valence-electron chi connectivity index (χ4n) is 2.73. The fraction of sp³-hybridized carbons (Fsp3) is 0.533. The van der Waals surface area contributed by atoms with Gasteiger partial charge in [0.2, 0.25) is 0 Å². The molecule has 1 aliphatic rings. The molecule has 1 atom stereocenters. The Labute approximate surface area is 118 Å². The van der Waals surface area contributed by atoms with Crippen molar-refractivity contribution in [1.29, 1.82) is 0 Å². The number of hydrogen-bond acceptors (Lipinski definition) is 3. The van der Waals surface area contributed by atoms with E-state index in [-0.39, 0.29) is 5.56 Å². The molecule has 0 spiro atoms. The van der Waals surface area contributed by atoms with Crippen LogP contribution in [0.15, 0.2) is 18.2 Å². The van der Waals surface area contributed by atoms with Crippen molar-refractivity contribution in [3.05, 3.63) is 35.1 Å². The molecule has 1 aliphatic heterocycles. The van der Waals surface area contributed by atoms with Gasteiger partial charge in [0.05, 0.1) is 5.56 Å². The van der Waals surface area contributed by atoms with E-state index in [0.717, 1.165) is 19.2 Å². The smallest absolute Gasteiger partial charge is 0.335 e. The number of carbonyl (C=O) groups is 1. The van der Waals surface area contributed by atoms with Crippen LogP contribution in [0.3, 0.4) is 0 Å². The van der Waals surface area contributed by atoms with Gasteiger partial charge in [-0.15, -0.1) is 0 Å². The number of nitrogens with zero attached hydrogens (tertiary/aromatic N) is 2. The summed E-state index contributed by atoms with van der Waals surface area (Å²) in [7, 11) is 4.09. The van der Waals surface area contributed by atoms with Crippen LogP contribution < -0.4 is 0 Å². The van der Waals surface area contributed by atoms with Crippen LogP contribution in [0.2, 0.25) is 0 Å². The number of carboxylic acid groups (broad SMARTS) is 1. The van der Waals surface area contributed by atoms with E-state index in [1.54, 1.807) is 6.07 Å². The fourth-order valence-corrected chi connectivity index (χ4v) is 2.73. The van der Waals surface area contributed by atoms with Gasteiger partial charge in [-0.1, -0.05) is 6.07 Å². The second-order valence-corrected chi connectivity index (χ2v) is 5.58. The summed E-state index contributed by atoms with van der Waals surface area (Å²) >= 11 is 0. The van der Waals surface area contributed by atoms with Gasteiger partial charge in [0.15, 0.2) is 0 Å². The molecular weight excluding hydrogens is 259 g/mol. The Kier molecular flexibility index (Phi) is 4.73. The number of benzene rings is 1. The molecule has 1 heterocycles. The van der Waals surface area contributed by atoms with Gasteiger partial charge in [-0.25, -0.2) is 9.18 Å². The molecule has 1 unspecified atom stereocenters. The van der Waals surface area contributed by atoms with Crippen molar-refractivity contribution < 1.29 is 14.3 Å². The Morgan fingerprint density at radius 2 is 2.30 bits per heavy atom. The van der Waals surface area contributed by atoms with Crippen LogP contribution in [-0.2, 0) is 6.54 Å². The summed E-state index contributed by atoms with van der Waals surface area (Å²) in [5.41, 5.74) is 0.530. The Hall–Kier alpha value is -1.46. The first kappa shape index (κ1) is 14.9. The van der Waals surface area contributed by atoms with Gasteiger partial charge in [-0.05, 0) is 45.6 Å². The number of hydrogen-bond donors (Lipinski definition) is 1. The monoisotopic (exact) mass is 280 g/mol. The van der Waals surface area contributed by atoms with Crippen molar-refractivity contribution >= 4 is 5.97 Å². The Balaban J connectivity index is 1.97. The van der Waals surface area contributed by atoms with E-state index in [1.807, 2.05) is 7.05 Å². The zero-order chi connectivity index (χ0) is 14.7. The minimum absolute atomic E-state index is 0.00979. The summed E-state index contributed by atoms with van der Waals surface area (Å²) in [5.74, 6) is -1.55. The first-order chi connectivity index (χ1) is 9.47. The normalized spacial score (nSPS) is 19.7. The maximum absolute atomic E-state index is 13.9. The van der Waals surface area contributed by atoms with Crippen LogP contribution in [-0.4, -0.2) is 54.1 Å². The lowest BCUT2D eigenvalue weighted by Gasteiger charge is -2.25. The summed E-state index contributed by atoms with van der Waals surface area (Å²) in [6, 6.07) is 4.64. The lowest BCUT2D eigenvalue weighted by molar-refractivity contribution is 0.0696. The van der Waals surface area contributed by atoms with E-state index in [4.69, 9.17) is 5.11 Å². The Morgan fingerprint density at radius 3 is 2.85 bits per heavy atom. The van der Waals surface area contributed by atoms with Crippen molar-refractivity contribution in [2.45, 2.75) is 25.4 Å². The summed E-state index contributed by atoms with van der Waals surface area (Å²) in [6.07, 6.45) is 2.40. The third kappa shape index (κ3) is 3.55. The molecule has 0 bridgehead atoms. The van der Waals surface area contributed by atoms with Gasteiger partial charge in [-0.2, -0.15) is 0 Å². The van der Waals surface area contributed by atoms with Crippen LogP contribution in [0.5, 0.6) is 0 Å². The number of halogens is 1. The van der Waals surface area contributed by atoms with Gasteiger partial charge in [0.25, 0.3) is 0 Å². The summed E-state index contributed by atoms with van der Waals surface area (Å²) in [6.45, 7) is 2.52. The summed E-state index contributed by atoms with van der Waals surface area (Å²) in [5, 5.41) is 8.82. The highest BCUT2D eigenvalue weighted by Gasteiger charge is 2.22. The van der Waals surface area contributed by atoms with Crippen molar-refractivity contribution in [3.63, 3.8) is 0 Å². The number of rotatable bonds is 5. The van der Waals surface area contributed by atoms with Crippen molar-refractivity contribution in [1.82, 2.24) is 9.80 Å². The minimum Gasteiger partial charge on any atom is -0.478 e. The zero-order valence-electron chi connectivity index (χ0n) is 12.0. The number of likely N-dealkylation sites (tertiary alicyclic amines) is 1. The number of carboxylic acids is 1. The van der Waals surface area contributed by atoms with Gasteiger partial charge in [0, 0.05) is 24.7 Å². The summed E-state index contributed by atoms with van der Waals surface area (Å²) < 4.78 is 13.9. The molecule has 0 saturated carbocycles. The third-order valence-corrected chi connectivity index (χ3v) is 3.93. The molecule has 1 aromatic rings. The number of likely N-dealkylation sites (N-methyl/N-ethyl adjacent to an activating group) is 2. The first-order valence-corrected chi connectivity index (χ1v) is 6.88. The van der Waals surface area contributed by atoms with Crippen LogP contribution in [0.4, 0.5) is 4.39 Å². The van der Waals surface area contributed by atoms with Gasteiger partial charge in [-0.3, -0.25) is 0 Å². The van der Waals surface area contributed by atoms with E-state index in [9.17, 15) is 9.18 Å². The lowest BCUT2D eigenvalue weighted by Crippen LogP contribution is -2.36. The molecule has 5 heteroatoms. The topological polar surface area (TPSA) is 43.8 Å². The van der Waals surface area contributed by atoms with Gasteiger partial charge >= 0.3 is 5.97 Å². The van der Waals surface area contributed by atoms with E-state index in [0.29, 0.717) is 18.2 Å². The minimum atomic E-state index is -1.10. The van der Waals surface area contributed by atoms with Gasteiger partial charge < -0.3 is 14.9 Å². The Bertz CT molecular complexity index is 493. The lowest BCUT2D eigenvalue weighted by atomic mass is 10.1. The van der Waals surface area contributed by atoms with Crippen molar-refractivity contribution in [2.24, 2.45) is 0 Å². The zero-order valence-corrected chi connectivity index (χ0v) is 12.0. The van der Waals surface area contributed by atoms with Crippen LogP contribution in [0, 0.1) is 5.82 Å². The average molecular weight is 280 g/mol. The molecule has 0 radical (unpaired) electrons. The molecule has 0 amide bonds. The van der Waals surface area contributed by atoms with E-state index < -0.39 is 11.8 Å². The number of aromatic carboxylic acids is 1. The SMILES string of the molecule is CN(Cc1ccc(C(=O)O)cc1F)CC1CCCN1C. The molecule has 4 nitrogen and oxygen atoms in total. The van der Waals surface area contributed by atoms with Crippen LogP contribution >= 0.6 is 0 Å². The second kappa shape index (κ2) is 6.33. The maximum atomic E-state index is 13.9. The van der Waals surface area contributed by atoms with Crippen molar-refractivity contribution in [2.75, 3.05) is 27.2 Å². The molecule has 1 saturated heterocycles.